The molecule has 0 saturated carbocycles. The van der Waals surface area contributed by atoms with E-state index in [4.69, 9.17) is 5.73 Å². The summed E-state index contributed by atoms with van der Waals surface area (Å²) in [4.78, 5) is 13.7. The average Bonchev–Trinajstić information content (AvgIpc) is 2.32. The molecule has 0 aliphatic heterocycles. The molecule has 1 aromatic rings. The first-order valence-corrected chi connectivity index (χ1v) is 6.27. The van der Waals surface area contributed by atoms with Crippen LogP contribution in [0, 0.1) is 12.7 Å². The van der Waals surface area contributed by atoms with Crippen molar-refractivity contribution in [1.29, 1.82) is 0 Å². The van der Waals surface area contributed by atoms with Gasteiger partial charge in [0.1, 0.15) is 5.82 Å². The van der Waals surface area contributed by atoms with Crippen LogP contribution in [0.4, 0.5) is 4.39 Å². The zero-order valence-electron chi connectivity index (χ0n) is 11.1. The summed E-state index contributed by atoms with van der Waals surface area (Å²) in [6.45, 7) is 3.14. The van der Waals surface area contributed by atoms with Crippen molar-refractivity contribution in [3.8, 4) is 0 Å². The van der Waals surface area contributed by atoms with Gasteiger partial charge >= 0.3 is 0 Å². The minimum atomic E-state index is -0.366. The molecule has 1 rings (SSSR count). The van der Waals surface area contributed by atoms with Gasteiger partial charge in [0.15, 0.2) is 0 Å². The number of carbonyl (C=O) groups excluding carboxylic acids is 1. The standard InChI is InChI=1S/C14H21FN2O/c1-11-8-12(10-13(15)9-11)14(18)17(2)7-5-3-4-6-16/h8-10H,3-7,16H2,1-2H3. The second-order valence-corrected chi connectivity index (χ2v) is 4.59. The summed E-state index contributed by atoms with van der Waals surface area (Å²) >= 11 is 0. The lowest BCUT2D eigenvalue weighted by atomic mass is 10.1. The van der Waals surface area contributed by atoms with Crippen LogP contribution in [-0.4, -0.2) is 30.9 Å². The molecule has 1 aromatic carbocycles. The lowest BCUT2D eigenvalue weighted by Crippen LogP contribution is -2.28. The number of rotatable bonds is 6. The number of unbranched alkanes of at least 4 members (excludes halogenated alkanes) is 2. The molecule has 0 aromatic heterocycles. The highest BCUT2D eigenvalue weighted by Crippen LogP contribution is 2.11. The summed E-state index contributed by atoms with van der Waals surface area (Å²) in [5.74, 6) is -0.500. The van der Waals surface area contributed by atoms with Crippen molar-refractivity contribution >= 4 is 5.91 Å². The molecule has 3 nitrogen and oxygen atoms in total. The minimum Gasteiger partial charge on any atom is -0.342 e. The van der Waals surface area contributed by atoms with Gasteiger partial charge in [-0.3, -0.25) is 4.79 Å². The fraction of sp³-hybridized carbons (Fsp3) is 0.500. The molecule has 0 radical (unpaired) electrons. The Morgan fingerprint density at radius 3 is 2.61 bits per heavy atom. The van der Waals surface area contributed by atoms with E-state index in [2.05, 4.69) is 0 Å². The van der Waals surface area contributed by atoms with Crippen LogP contribution < -0.4 is 5.73 Å². The van der Waals surface area contributed by atoms with Gasteiger partial charge in [-0.25, -0.2) is 4.39 Å². The fourth-order valence-corrected chi connectivity index (χ4v) is 1.85. The molecule has 0 spiro atoms. The van der Waals surface area contributed by atoms with E-state index in [1.807, 2.05) is 0 Å². The number of nitrogens with zero attached hydrogens (tertiary/aromatic N) is 1. The van der Waals surface area contributed by atoms with Gasteiger partial charge in [-0.1, -0.05) is 6.42 Å². The third-order valence-corrected chi connectivity index (χ3v) is 2.83. The Kier molecular flexibility index (Phi) is 5.78. The number of carbonyl (C=O) groups is 1. The van der Waals surface area contributed by atoms with Gasteiger partial charge in [0.25, 0.3) is 5.91 Å². The first-order chi connectivity index (χ1) is 8.54. The predicted octanol–water partition coefficient (Wildman–Crippen LogP) is 2.34. The second-order valence-electron chi connectivity index (χ2n) is 4.59. The summed E-state index contributed by atoms with van der Waals surface area (Å²) in [7, 11) is 1.74. The van der Waals surface area contributed by atoms with Gasteiger partial charge in [-0.2, -0.15) is 0 Å². The van der Waals surface area contributed by atoms with Crippen LogP contribution in [0.25, 0.3) is 0 Å². The normalized spacial score (nSPS) is 10.4. The zero-order valence-corrected chi connectivity index (χ0v) is 11.1. The highest BCUT2D eigenvalue weighted by Gasteiger charge is 2.12. The Labute approximate surface area is 108 Å². The first kappa shape index (κ1) is 14.6. The van der Waals surface area contributed by atoms with Gasteiger partial charge in [0.05, 0.1) is 0 Å². The van der Waals surface area contributed by atoms with Crippen LogP contribution >= 0.6 is 0 Å². The van der Waals surface area contributed by atoms with Crippen molar-refractivity contribution < 1.29 is 9.18 Å². The summed E-state index contributed by atoms with van der Waals surface area (Å²) < 4.78 is 13.2. The Morgan fingerprint density at radius 2 is 2.00 bits per heavy atom. The molecular weight excluding hydrogens is 231 g/mol. The molecule has 1 amide bonds. The minimum absolute atomic E-state index is 0.134. The third kappa shape index (κ3) is 4.45. The molecule has 0 aliphatic rings. The number of benzene rings is 1. The number of nitrogens with two attached hydrogens (primary N) is 1. The van der Waals surface area contributed by atoms with Crippen LogP contribution in [-0.2, 0) is 0 Å². The third-order valence-electron chi connectivity index (χ3n) is 2.83. The highest BCUT2D eigenvalue weighted by atomic mass is 19.1. The molecule has 0 heterocycles. The smallest absolute Gasteiger partial charge is 0.253 e. The number of hydrogen-bond acceptors (Lipinski definition) is 2. The van der Waals surface area contributed by atoms with Crippen LogP contribution in [0.2, 0.25) is 0 Å². The Balaban J connectivity index is 2.57. The van der Waals surface area contributed by atoms with Gasteiger partial charge in [0.2, 0.25) is 0 Å². The average molecular weight is 252 g/mol. The zero-order chi connectivity index (χ0) is 13.5. The summed E-state index contributed by atoms with van der Waals surface area (Å²) in [6.07, 6.45) is 2.91. The summed E-state index contributed by atoms with van der Waals surface area (Å²) in [6, 6.07) is 4.41. The Hall–Kier alpha value is -1.42. The number of hydrogen-bond donors (Lipinski definition) is 1. The van der Waals surface area contributed by atoms with E-state index >= 15 is 0 Å². The molecule has 0 unspecified atom stereocenters. The maximum atomic E-state index is 13.2. The molecule has 0 bridgehead atoms. The van der Waals surface area contributed by atoms with Crippen molar-refractivity contribution in [3.05, 3.63) is 35.1 Å². The molecule has 18 heavy (non-hydrogen) atoms. The van der Waals surface area contributed by atoms with Crippen molar-refractivity contribution in [2.75, 3.05) is 20.1 Å². The second kappa shape index (κ2) is 7.11. The Morgan fingerprint density at radius 1 is 1.28 bits per heavy atom. The van der Waals surface area contributed by atoms with Crippen molar-refractivity contribution in [2.24, 2.45) is 5.73 Å². The monoisotopic (exact) mass is 252 g/mol. The van der Waals surface area contributed by atoms with Gasteiger partial charge in [-0.15, -0.1) is 0 Å². The SMILES string of the molecule is Cc1cc(F)cc(C(=O)N(C)CCCCCN)c1. The highest BCUT2D eigenvalue weighted by molar-refractivity contribution is 5.94. The van der Waals surface area contributed by atoms with Gasteiger partial charge in [0, 0.05) is 19.2 Å². The summed E-state index contributed by atoms with van der Waals surface area (Å²) in [5, 5.41) is 0. The molecule has 2 N–H and O–H groups in total. The van der Waals surface area contributed by atoms with E-state index in [0.29, 0.717) is 18.7 Å². The predicted molar refractivity (Wildman–Crippen MR) is 71.0 cm³/mol. The fourth-order valence-electron chi connectivity index (χ4n) is 1.85. The van der Waals surface area contributed by atoms with E-state index in [1.165, 1.54) is 12.1 Å². The molecule has 0 aliphatic carbocycles. The molecule has 4 heteroatoms. The Bertz CT molecular complexity index is 387. The van der Waals surface area contributed by atoms with Crippen molar-refractivity contribution in [2.45, 2.75) is 26.2 Å². The molecule has 100 valence electrons. The molecular formula is C14H21FN2O. The number of aryl methyl sites for hydroxylation is 1. The first-order valence-electron chi connectivity index (χ1n) is 6.27. The summed E-state index contributed by atoms with van der Waals surface area (Å²) in [5.41, 5.74) is 6.58. The van der Waals surface area contributed by atoms with Crippen molar-refractivity contribution in [1.82, 2.24) is 4.90 Å². The van der Waals surface area contributed by atoms with E-state index in [-0.39, 0.29) is 11.7 Å². The van der Waals surface area contributed by atoms with E-state index in [1.54, 1.807) is 24.9 Å². The van der Waals surface area contributed by atoms with E-state index in [0.717, 1.165) is 24.8 Å². The van der Waals surface area contributed by atoms with Crippen molar-refractivity contribution in [3.63, 3.8) is 0 Å². The molecule has 0 atom stereocenters. The molecule has 0 saturated heterocycles. The van der Waals surface area contributed by atoms with Crippen LogP contribution in [0.3, 0.4) is 0 Å². The lowest BCUT2D eigenvalue weighted by Gasteiger charge is -2.17. The lowest BCUT2D eigenvalue weighted by molar-refractivity contribution is 0.0792. The largest absolute Gasteiger partial charge is 0.342 e. The van der Waals surface area contributed by atoms with Crippen LogP contribution in [0.15, 0.2) is 18.2 Å². The maximum absolute atomic E-state index is 13.2. The van der Waals surface area contributed by atoms with Crippen LogP contribution in [0.1, 0.15) is 35.2 Å². The van der Waals surface area contributed by atoms with Gasteiger partial charge < -0.3 is 10.6 Å². The quantitative estimate of drug-likeness (QED) is 0.790. The topological polar surface area (TPSA) is 46.3 Å². The van der Waals surface area contributed by atoms with Gasteiger partial charge in [-0.05, 0) is 50.1 Å². The maximum Gasteiger partial charge on any atom is 0.253 e. The van der Waals surface area contributed by atoms with Crippen LogP contribution in [0.5, 0.6) is 0 Å². The molecule has 0 fully saturated rings. The van der Waals surface area contributed by atoms with E-state index < -0.39 is 0 Å². The number of amides is 1. The number of halogens is 1. The van der Waals surface area contributed by atoms with E-state index in [9.17, 15) is 9.18 Å².